The molecule has 3 aromatic rings. The van der Waals surface area contributed by atoms with Crippen LogP contribution >= 0.6 is 34.8 Å². The molecule has 31 heavy (non-hydrogen) atoms. The van der Waals surface area contributed by atoms with Gasteiger partial charge in [0, 0.05) is 43.1 Å². The number of fused-ring (bicyclic) bond motifs is 1. The molecule has 1 aliphatic carbocycles. The van der Waals surface area contributed by atoms with E-state index in [-0.39, 0.29) is 0 Å². The third-order valence-electron chi connectivity index (χ3n) is 5.72. The average molecular weight is 479 g/mol. The van der Waals surface area contributed by atoms with Gasteiger partial charge in [-0.25, -0.2) is 4.98 Å². The molecule has 0 bridgehead atoms. The van der Waals surface area contributed by atoms with Gasteiger partial charge in [-0.15, -0.1) is 0 Å². The van der Waals surface area contributed by atoms with Crippen LogP contribution in [-0.2, 0) is 6.54 Å². The smallest absolute Gasteiger partial charge is 0.225 e. The summed E-state index contributed by atoms with van der Waals surface area (Å²) in [5.74, 6) is 1.62. The van der Waals surface area contributed by atoms with Gasteiger partial charge in [0.2, 0.25) is 5.95 Å². The highest BCUT2D eigenvalue weighted by atomic mass is 35.5. The summed E-state index contributed by atoms with van der Waals surface area (Å²) in [6, 6.07) is 12.4. The molecule has 2 N–H and O–H groups in total. The second-order valence-electron chi connectivity index (χ2n) is 8.22. The minimum absolute atomic E-state index is 0.360. The van der Waals surface area contributed by atoms with Crippen molar-refractivity contribution in [1.29, 1.82) is 0 Å². The van der Waals surface area contributed by atoms with E-state index in [1.807, 2.05) is 43.3 Å². The molecule has 1 heterocycles. The summed E-state index contributed by atoms with van der Waals surface area (Å²) in [6.45, 7) is 0.655. The molecule has 0 amide bonds. The van der Waals surface area contributed by atoms with Gasteiger partial charge in [-0.2, -0.15) is 4.98 Å². The van der Waals surface area contributed by atoms with E-state index in [0.29, 0.717) is 39.6 Å². The number of para-hydroxylation sites is 1. The van der Waals surface area contributed by atoms with Crippen molar-refractivity contribution in [1.82, 2.24) is 15.3 Å². The number of anilines is 2. The molecular formula is C23H26Cl3N5. The molecule has 2 aromatic carbocycles. The van der Waals surface area contributed by atoms with Crippen LogP contribution in [0, 0.1) is 0 Å². The number of hydrogen-bond acceptors (Lipinski definition) is 5. The van der Waals surface area contributed by atoms with E-state index in [0.717, 1.165) is 48.0 Å². The highest BCUT2D eigenvalue weighted by Crippen LogP contribution is 2.30. The molecule has 1 fully saturated rings. The Morgan fingerprint density at radius 3 is 2.42 bits per heavy atom. The van der Waals surface area contributed by atoms with Crippen LogP contribution in [-0.4, -0.2) is 36.1 Å². The van der Waals surface area contributed by atoms with Gasteiger partial charge >= 0.3 is 0 Å². The van der Waals surface area contributed by atoms with Crippen molar-refractivity contribution in [3.8, 4) is 0 Å². The number of hydrogen-bond donors (Lipinski definition) is 2. The predicted molar refractivity (Wildman–Crippen MR) is 132 cm³/mol. The third-order valence-corrected chi connectivity index (χ3v) is 6.78. The Morgan fingerprint density at radius 2 is 1.68 bits per heavy atom. The molecule has 164 valence electrons. The Kier molecular flexibility index (Phi) is 7.07. The molecule has 8 heteroatoms. The van der Waals surface area contributed by atoms with Crippen LogP contribution < -0.4 is 15.5 Å². The van der Waals surface area contributed by atoms with Gasteiger partial charge < -0.3 is 15.5 Å². The monoisotopic (exact) mass is 477 g/mol. The molecule has 5 nitrogen and oxygen atoms in total. The predicted octanol–water partition coefficient (Wildman–Crippen LogP) is 6.17. The summed E-state index contributed by atoms with van der Waals surface area (Å²) in [5.41, 5.74) is 1.89. The average Bonchev–Trinajstić information content (AvgIpc) is 2.75. The highest BCUT2D eigenvalue weighted by molar-refractivity contribution is 6.43. The maximum Gasteiger partial charge on any atom is 0.225 e. The van der Waals surface area contributed by atoms with E-state index in [1.165, 1.54) is 0 Å². The summed E-state index contributed by atoms with van der Waals surface area (Å²) in [6.07, 6.45) is 4.24. The lowest BCUT2D eigenvalue weighted by molar-refractivity contribution is 0.352. The molecule has 0 atom stereocenters. The first kappa shape index (κ1) is 22.4. The first-order valence-electron chi connectivity index (χ1n) is 10.5. The molecule has 0 unspecified atom stereocenters. The Bertz CT molecular complexity index is 1060. The lowest BCUT2D eigenvalue weighted by atomic mass is 9.91. The number of benzene rings is 2. The van der Waals surface area contributed by atoms with E-state index in [4.69, 9.17) is 44.8 Å². The van der Waals surface area contributed by atoms with Crippen LogP contribution in [0.1, 0.15) is 31.2 Å². The van der Waals surface area contributed by atoms with E-state index in [9.17, 15) is 0 Å². The normalized spacial score (nSPS) is 18.9. The summed E-state index contributed by atoms with van der Waals surface area (Å²) in [4.78, 5) is 11.5. The van der Waals surface area contributed by atoms with Crippen LogP contribution in [0.5, 0.6) is 0 Å². The lowest BCUT2D eigenvalue weighted by Gasteiger charge is -2.30. The Hall–Kier alpha value is -1.79. The zero-order valence-corrected chi connectivity index (χ0v) is 19.9. The first-order chi connectivity index (χ1) is 14.9. The zero-order valence-electron chi connectivity index (χ0n) is 17.6. The summed E-state index contributed by atoms with van der Waals surface area (Å²) in [7, 11) is 4.02. The van der Waals surface area contributed by atoms with Crippen LogP contribution in [0.4, 0.5) is 11.8 Å². The standard InChI is InChI=1S/C23H26Cl3N5/c1-31(2)22-18-5-3-4-6-20(18)29-23(30-22)28-17-9-7-16(8-10-17)27-13-14-11-15(24)12-19(25)21(14)26/h3-6,11-12,16-17,27H,7-10,13H2,1-2H3,(H,28,29,30). The van der Waals surface area contributed by atoms with Crippen molar-refractivity contribution in [2.45, 2.75) is 44.3 Å². The van der Waals surface area contributed by atoms with Gasteiger partial charge in [-0.05, 0) is 55.5 Å². The van der Waals surface area contributed by atoms with Crippen LogP contribution in [0.15, 0.2) is 36.4 Å². The van der Waals surface area contributed by atoms with Crippen LogP contribution in [0.2, 0.25) is 15.1 Å². The van der Waals surface area contributed by atoms with Crippen molar-refractivity contribution < 1.29 is 0 Å². The van der Waals surface area contributed by atoms with Crippen molar-refractivity contribution in [3.05, 3.63) is 57.0 Å². The summed E-state index contributed by atoms with van der Waals surface area (Å²) >= 11 is 18.6. The lowest BCUT2D eigenvalue weighted by Crippen LogP contribution is -2.37. The topological polar surface area (TPSA) is 53.1 Å². The van der Waals surface area contributed by atoms with E-state index in [1.54, 1.807) is 6.07 Å². The largest absolute Gasteiger partial charge is 0.362 e. The van der Waals surface area contributed by atoms with E-state index in [2.05, 4.69) is 16.7 Å². The third kappa shape index (κ3) is 5.35. The SMILES string of the molecule is CN(C)c1nc(NC2CCC(NCc3cc(Cl)cc(Cl)c3Cl)CC2)nc2ccccc12. The second kappa shape index (κ2) is 9.78. The van der Waals surface area contributed by atoms with Crippen LogP contribution in [0.3, 0.4) is 0 Å². The Labute approximate surface area is 198 Å². The molecule has 0 saturated heterocycles. The maximum absolute atomic E-state index is 6.31. The van der Waals surface area contributed by atoms with Gasteiger partial charge in [0.1, 0.15) is 5.82 Å². The molecule has 1 aromatic heterocycles. The molecule has 0 spiro atoms. The Morgan fingerprint density at radius 1 is 0.968 bits per heavy atom. The fraction of sp³-hybridized carbons (Fsp3) is 0.391. The first-order valence-corrected chi connectivity index (χ1v) is 11.6. The molecule has 4 rings (SSSR count). The molecule has 1 saturated carbocycles. The van der Waals surface area contributed by atoms with Gasteiger partial charge in [0.05, 0.1) is 15.6 Å². The van der Waals surface area contributed by atoms with Gasteiger partial charge in [-0.1, -0.05) is 46.9 Å². The molecule has 0 aliphatic heterocycles. The molecule has 0 radical (unpaired) electrons. The van der Waals surface area contributed by atoms with Crippen molar-refractivity contribution in [3.63, 3.8) is 0 Å². The van der Waals surface area contributed by atoms with E-state index >= 15 is 0 Å². The fourth-order valence-electron chi connectivity index (χ4n) is 4.08. The number of rotatable bonds is 6. The maximum atomic E-state index is 6.31. The number of nitrogens with one attached hydrogen (secondary N) is 2. The Balaban J connectivity index is 1.35. The van der Waals surface area contributed by atoms with Crippen LogP contribution in [0.25, 0.3) is 10.9 Å². The number of halogens is 3. The van der Waals surface area contributed by atoms with Gasteiger partial charge in [0.25, 0.3) is 0 Å². The number of nitrogens with zero attached hydrogens (tertiary/aromatic N) is 3. The molecular weight excluding hydrogens is 453 g/mol. The van der Waals surface area contributed by atoms with Gasteiger partial charge in [-0.3, -0.25) is 0 Å². The highest BCUT2D eigenvalue weighted by Gasteiger charge is 2.22. The van der Waals surface area contributed by atoms with Gasteiger partial charge in [0.15, 0.2) is 0 Å². The van der Waals surface area contributed by atoms with Crippen molar-refractivity contribution in [2.75, 3.05) is 24.3 Å². The minimum atomic E-state index is 0.360. The quantitative estimate of drug-likeness (QED) is 0.415. The summed E-state index contributed by atoms with van der Waals surface area (Å²) in [5, 5.41) is 9.88. The van der Waals surface area contributed by atoms with Crippen molar-refractivity contribution in [2.24, 2.45) is 0 Å². The fourth-order valence-corrected chi connectivity index (χ4v) is 4.79. The minimum Gasteiger partial charge on any atom is -0.362 e. The van der Waals surface area contributed by atoms with E-state index < -0.39 is 0 Å². The summed E-state index contributed by atoms with van der Waals surface area (Å²) < 4.78 is 0. The van der Waals surface area contributed by atoms with Crippen molar-refractivity contribution >= 4 is 57.5 Å². The molecule has 1 aliphatic rings. The number of aromatic nitrogens is 2. The zero-order chi connectivity index (χ0) is 22.0. The second-order valence-corrected chi connectivity index (χ2v) is 9.44.